The van der Waals surface area contributed by atoms with Gasteiger partial charge >= 0.3 is 11.9 Å². The Labute approximate surface area is 116 Å². The molecule has 0 aliphatic rings. The minimum absolute atomic E-state index is 0.0370. The van der Waals surface area contributed by atoms with Crippen molar-refractivity contribution >= 4 is 27.1 Å². The summed E-state index contributed by atoms with van der Waals surface area (Å²) in [5, 5.41) is 10.7. The van der Waals surface area contributed by atoms with E-state index in [0.29, 0.717) is 0 Å². The molecular weight excluding hydrogens is 325 g/mol. The van der Waals surface area contributed by atoms with Gasteiger partial charge in [-0.05, 0) is 12.5 Å². The SMILES string of the molecule is O=[N+]([O-])c1cnc(C(F)(F)F)cc1S(=O)(=O)CCCCl. The van der Waals surface area contributed by atoms with Gasteiger partial charge in [-0.3, -0.25) is 10.1 Å². The summed E-state index contributed by atoms with van der Waals surface area (Å²) in [7, 11) is -4.25. The van der Waals surface area contributed by atoms with Gasteiger partial charge in [0.05, 0.1) is 10.7 Å². The number of halogens is 4. The van der Waals surface area contributed by atoms with Crippen molar-refractivity contribution in [3.05, 3.63) is 28.1 Å². The molecule has 1 rings (SSSR count). The minimum Gasteiger partial charge on any atom is -0.258 e. The molecule has 0 aromatic carbocycles. The summed E-state index contributed by atoms with van der Waals surface area (Å²) in [5.74, 6) is -0.622. The van der Waals surface area contributed by atoms with Crippen LogP contribution in [0.25, 0.3) is 0 Å². The zero-order valence-electron chi connectivity index (χ0n) is 9.72. The number of sulfone groups is 1. The lowest BCUT2D eigenvalue weighted by Gasteiger charge is -2.08. The van der Waals surface area contributed by atoms with Crippen LogP contribution < -0.4 is 0 Å². The molecule has 0 N–H and O–H groups in total. The first-order valence-corrected chi connectivity index (χ1v) is 7.28. The van der Waals surface area contributed by atoms with Crippen LogP contribution in [0.15, 0.2) is 17.2 Å². The smallest absolute Gasteiger partial charge is 0.258 e. The highest BCUT2D eigenvalue weighted by atomic mass is 35.5. The van der Waals surface area contributed by atoms with Crippen LogP contribution >= 0.6 is 11.6 Å². The van der Waals surface area contributed by atoms with E-state index in [1.807, 2.05) is 0 Å². The first-order chi connectivity index (χ1) is 9.09. The van der Waals surface area contributed by atoms with E-state index in [1.165, 1.54) is 0 Å². The Bertz CT molecular complexity index is 618. The quantitative estimate of drug-likeness (QED) is 0.469. The zero-order valence-corrected chi connectivity index (χ0v) is 11.3. The maximum atomic E-state index is 12.5. The highest BCUT2D eigenvalue weighted by Gasteiger charge is 2.36. The van der Waals surface area contributed by atoms with E-state index in [4.69, 9.17) is 11.6 Å². The standard InChI is InChI=1S/C9H8ClF3N2O4S/c10-2-1-3-20(18,19)7-4-8(9(11,12)13)14-5-6(7)15(16)17/h4-5H,1-3H2. The Balaban J connectivity index is 3.44. The van der Waals surface area contributed by atoms with Gasteiger partial charge in [0.2, 0.25) is 0 Å². The number of hydrogen-bond acceptors (Lipinski definition) is 5. The molecule has 1 heterocycles. The maximum Gasteiger partial charge on any atom is 0.433 e. The average molecular weight is 333 g/mol. The van der Waals surface area contributed by atoms with E-state index in [1.54, 1.807) is 0 Å². The zero-order chi connectivity index (χ0) is 15.6. The van der Waals surface area contributed by atoms with Crippen molar-refractivity contribution < 1.29 is 26.5 Å². The molecule has 0 radical (unpaired) electrons. The van der Waals surface area contributed by atoms with Crippen LogP contribution in [0.2, 0.25) is 0 Å². The van der Waals surface area contributed by atoms with E-state index in [0.717, 1.165) is 0 Å². The number of nitro groups is 1. The summed E-state index contributed by atoms with van der Waals surface area (Å²) in [4.78, 5) is 11.5. The number of alkyl halides is 4. The summed E-state index contributed by atoms with van der Waals surface area (Å²) >= 11 is 5.31. The Morgan fingerprint density at radius 2 is 2.00 bits per heavy atom. The fourth-order valence-electron chi connectivity index (χ4n) is 1.33. The predicted octanol–water partition coefficient (Wildman–Crippen LogP) is 2.41. The highest BCUT2D eigenvalue weighted by Crippen LogP contribution is 2.32. The minimum atomic E-state index is -4.90. The Kier molecular flexibility index (Phi) is 4.92. The van der Waals surface area contributed by atoms with Gasteiger partial charge in [0, 0.05) is 5.88 Å². The summed E-state index contributed by atoms with van der Waals surface area (Å²) < 4.78 is 61.2. The Morgan fingerprint density at radius 3 is 2.45 bits per heavy atom. The molecule has 6 nitrogen and oxygen atoms in total. The molecular formula is C9H8ClF3N2O4S. The molecule has 0 atom stereocenters. The van der Waals surface area contributed by atoms with Gasteiger partial charge in [-0.1, -0.05) is 0 Å². The normalized spacial score (nSPS) is 12.4. The van der Waals surface area contributed by atoms with Crippen LogP contribution in [0.3, 0.4) is 0 Å². The second-order valence-corrected chi connectivity index (χ2v) is 6.11. The van der Waals surface area contributed by atoms with Gasteiger partial charge < -0.3 is 0 Å². The second-order valence-electron chi connectivity index (χ2n) is 3.65. The van der Waals surface area contributed by atoms with Crippen LogP contribution in [0.4, 0.5) is 18.9 Å². The molecule has 0 amide bonds. The third-order valence-electron chi connectivity index (χ3n) is 2.22. The first kappa shape index (κ1) is 16.6. The van der Waals surface area contributed by atoms with Gasteiger partial charge in [0.1, 0.15) is 16.8 Å². The molecule has 1 aromatic rings. The lowest BCUT2D eigenvalue weighted by molar-refractivity contribution is -0.388. The summed E-state index contributed by atoms with van der Waals surface area (Å²) in [6, 6.07) is 0.168. The topological polar surface area (TPSA) is 90.2 Å². The van der Waals surface area contributed by atoms with Crippen LogP contribution in [0.1, 0.15) is 12.1 Å². The summed E-state index contributed by atoms with van der Waals surface area (Å²) in [5.41, 5.74) is -2.50. The van der Waals surface area contributed by atoms with Crippen LogP contribution in [-0.4, -0.2) is 30.0 Å². The third-order valence-corrected chi connectivity index (χ3v) is 4.31. The molecule has 112 valence electrons. The van der Waals surface area contributed by atoms with E-state index in [2.05, 4.69) is 4.98 Å². The van der Waals surface area contributed by atoms with E-state index >= 15 is 0 Å². The monoisotopic (exact) mass is 332 g/mol. The van der Waals surface area contributed by atoms with Crippen molar-refractivity contribution in [2.75, 3.05) is 11.6 Å². The molecule has 0 fully saturated rings. The van der Waals surface area contributed by atoms with Crippen molar-refractivity contribution in [3.63, 3.8) is 0 Å². The molecule has 0 bridgehead atoms. The predicted molar refractivity (Wildman–Crippen MR) is 63.3 cm³/mol. The second kappa shape index (κ2) is 5.92. The van der Waals surface area contributed by atoms with Gasteiger partial charge in [-0.25, -0.2) is 13.4 Å². The van der Waals surface area contributed by atoms with Crippen molar-refractivity contribution in [1.29, 1.82) is 0 Å². The highest BCUT2D eigenvalue weighted by molar-refractivity contribution is 7.91. The number of pyridine rings is 1. The Hall–Kier alpha value is -1.42. The lowest BCUT2D eigenvalue weighted by atomic mass is 10.3. The van der Waals surface area contributed by atoms with E-state index < -0.39 is 43.0 Å². The van der Waals surface area contributed by atoms with Gasteiger partial charge in [0.25, 0.3) is 0 Å². The number of nitrogens with zero attached hydrogens (tertiary/aromatic N) is 2. The Morgan fingerprint density at radius 1 is 1.40 bits per heavy atom. The van der Waals surface area contributed by atoms with Gasteiger partial charge in [-0.15, -0.1) is 11.6 Å². The van der Waals surface area contributed by atoms with E-state index in [-0.39, 0.29) is 24.6 Å². The lowest BCUT2D eigenvalue weighted by Crippen LogP contribution is -2.14. The third kappa shape index (κ3) is 3.79. The van der Waals surface area contributed by atoms with Gasteiger partial charge in [0.15, 0.2) is 9.84 Å². The van der Waals surface area contributed by atoms with Crippen LogP contribution in [0, 0.1) is 10.1 Å². The molecule has 0 aliphatic carbocycles. The molecule has 0 saturated carbocycles. The fourth-order valence-corrected chi connectivity index (χ4v) is 3.10. The number of hydrogen-bond donors (Lipinski definition) is 0. The van der Waals surface area contributed by atoms with Crippen molar-refractivity contribution in [2.45, 2.75) is 17.5 Å². The number of aromatic nitrogens is 1. The van der Waals surface area contributed by atoms with Crippen molar-refractivity contribution in [2.24, 2.45) is 0 Å². The van der Waals surface area contributed by atoms with Gasteiger partial charge in [-0.2, -0.15) is 13.2 Å². The number of rotatable bonds is 5. The summed E-state index contributed by atoms with van der Waals surface area (Å²) in [6.45, 7) is 0. The molecule has 11 heteroatoms. The molecule has 0 unspecified atom stereocenters. The van der Waals surface area contributed by atoms with Crippen LogP contribution in [-0.2, 0) is 16.0 Å². The maximum absolute atomic E-state index is 12.5. The molecule has 0 spiro atoms. The fraction of sp³-hybridized carbons (Fsp3) is 0.444. The van der Waals surface area contributed by atoms with E-state index in [9.17, 15) is 31.7 Å². The molecule has 20 heavy (non-hydrogen) atoms. The van der Waals surface area contributed by atoms with Crippen molar-refractivity contribution in [1.82, 2.24) is 4.98 Å². The average Bonchev–Trinajstić information content (AvgIpc) is 2.34. The molecule has 0 saturated heterocycles. The molecule has 0 aliphatic heterocycles. The molecule has 1 aromatic heterocycles. The summed E-state index contributed by atoms with van der Waals surface area (Å²) in [6.07, 6.45) is -4.65. The van der Waals surface area contributed by atoms with Crippen LogP contribution in [0.5, 0.6) is 0 Å². The van der Waals surface area contributed by atoms with Crippen molar-refractivity contribution in [3.8, 4) is 0 Å². The largest absolute Gasteiger partial charge is 0.433 e. The first-order valence-electron chi connectivity index (χ1n) is 5.10.